The highest BCUT2D eigenvalue weighted by Gasteiger charge is 2.16. The van der Waals surface area contributed by atoms with Crippen molar-refractivity contribution in [3.63, 3.8) is 0 Å². The molecule has 1 aliphatic rings. The van der Waals surface area contributed by atoms with E-state index >= 15 is 0 Å². The molecule has 1 aromatic carbocycles. The molecule has 1 amide bonds. The molecule has 0 unspecified atom stereocenters. The van der Waals surface area contributed by atoms with Crippen molar-refractivity contribution in [1.29, 1.82) is 0 Å². The van der Waals surface area contributed by atoms with E-state index in [-0.39, 0.29) is 5.91 Å². The third-order valence-electron chi connectivity index (χ3n) is 5.27. The van der Waals surface area contributed by atoms with Crippen LogP contribution in [0.4, 0.5) is 5.69 Å². The second-order valence-electron chi connectivity index (χ2n) is 7.49. The van der Waals surface area contributed by atoms with Gasteiger partial charge in [-0.2, -0.15) is 0 Å². The number of hydrogen-bond donors (Lipinski definition) is 1. The molecule has 0 atom stereocenters. The number of anilines is 1. The minimum atomic E-state index is -0.171. The van der Waals surface area contributed by atoms with Gasteiger partial charge in [-0.1, -0.05) is 17.3 Å². The summed E-state index contributed by atoms with van der Waals surface area (Å²) in [6.45, 7) is 8.18. The highest BCUT2D eigenvalue weighted by Crippen LogP contribution is 2.27. The first-order valence-corrected chi connectivity index (χ1v) is 11.3. The molecule has 2 aromatic heterocycles. The number of nitrogens with one attached hydrogen (secondary N) is 1. The Bertz CT molecular complexity index is 1010. The number of aryl methyl sites for hydroxylation is 2. The van der Waals surface area contributed by atoms with Crippen LogP contribution in [0.25, 0.3) is 0 Å². The Hall–Kier alpha value is -2.68. The van der Waals surface area contributed by atoms with Gasteiger partial charge in [0.1, 0.15) is 10.8 Å². The molecule has 31 heavy (non-hydrogen) atoms. The molecule has 8 heteroatoms. The van der Waals surface area contributed by atoms with Gasteiger partial charge in [0.25, 0.3) is 5.91 Å². The van der Waals surface area contributed by atoms with Gasteiger partial charge in [-0.15, -0.1) is 11.8 Å². The minimum absolute atomic E-state index is 0.171. The van der Waals surface area contributed by atoms with Gasteiger partial charge in [0.2, 0.25) is 0 Å². The van der Waals surface area contributed by atoms with Crippen LogP contribution in [0.15, 0.2) is 52.1 Å². The van der Waals surface area contributed by atoms with Gasteiger partial charge in [0, 0.05) is 42.8 Å². The summed E-state index contributed by atoms with van der Waals surface area (Å²) in [6, 6.07) is 11.6. The third-order valence-corrected chi connectivity index (χ3v) is 6.30. The molecule has 162 valence electrons. The maximum Gasteiger partial charge on any atom is 0.258 e. The zero-order valence-corrected chi connectivity index (χ0v) is 18.6. The number of carbonyl (C=O) groups is 1. The molecule has 4 rings (SSSR count). The minimum Gasteiger partial charge on any atom is -0.379 e. The summed E-state index contributed by atoms with van der Waals surface area (Å²) in [4.78, 5) is 19.7. The van der Waals surface area contributed by atoms with Crippen molar-refractivity contribution in [3.05, 3.63) is 70.7 Å². The summed E-state index contributed by atoms with van der Waals surface area (Å²) in [5, 5.41) is 7.66. The molecular weight excluding hydrogens is 412 g/mol. The topological polar surface area (TPSA) is 80.5 Å². The maximum absolute atomic E-state index is 12.9. The molecule has 0 bridgehead atoms. The molecule has 0 spiro atoms. The summed E-state index contributed by atoms with van der Waals surface area (Å²) < 4.78 is 10.6. The lowest BCUT2D eigenvalue weighted by molar-refractivity contribution is 0.0342. The van der Waals surface area contributed by atoms with Gasteiger partial charge in [-0.3, -0.25) is 9.69 Å². The molecule has 1 aliphatic heterocycles. The zero-order chi connectivity index (χ0) is 21.6. The average molecular weight is 439 g/mol. The van der Waals surface area contributed by atoms with Crippen molar-refractivity contribution in [3.8, 4) is 0 Å². The monoisotopic (exact) mass is 438 g/mol. The lowest BCUT2D eigenvalue weighted by atomic mass is 10.2. The maximum atomic E-state index is 12.9. The van der Waals surface area contributed by atoms with E-state index in [9.17, 15) is 4.79 Å². The Morgan fingerprint density at radius 3 is 2.65 bits per heavy atom. The number of hydrogen-bond acceptors (Lipinski definition) is 7. The van der Waals surface area contributed by atoms with E-state index in [0.29, 0.717) is 16.3 Å². The molecule has 0 radical (unpaired) electrons. The number of thioether (sulfide) groups is 1. The predicted octanol–water partition coefficient (Wildman–Crippen LogP) is 4.06. The highest BCUT2D eigenvalue weighted by atomic mass is 32.2. The van der Waals surface area contributed by atoms with E-state index in [1.54, 1.807) is 18.3 Å². The van der Waals surface area contributed by atoms with Gasteiger partial charge in [0.15, 0.2) is 0 Å². The van der Waals surface area contributed by atoms with Crippen LogP contribution in [0.2, 0.25) is 0 Å². The van der Waals surface area contributed by atoms with Gasteiger partial charge < -0.3 is 14.6 Å². The van der Waals surface area contributed by atoms with Crippen LogP contribution in [0, 0.1) is 13.8 Å². The van der Waals surface area contributed by atoms with Crippen LogP contribution in [0.1, 0.15) is 32.9 Å². The first-order chi connectivity index (χ1) is 15.1. The van der Waals surface area contributed by atoms with Crippen molar-refractivity contribution in [2.75, 3.05) is 31.6 Å². The highest BCUT2D eigenvalue weighted by molar-refractivity contribution is 7.98. The normalized spacial score (nSPS) is 14.5. The quantitative estimate of drug-likeness (QED) is 0.557. The second-order valence-corrected chi connectivity index (χ2v) is 8.45. The van der Waals surface area contributed by atoms with E-state index in [1.807, 2.05) is 26.0 Å². The lowest BCUT2D eigenvalue weighted by Gasteiger charge is -2.26. The number of morpholine rings is 1. The Labute approximate surface area is 186 Å². The molecule has 1 saturated heterocycles. The summed E-state index contributed by atoms with van der Waals surface area (Å²) >= 11 is 1.51. The Morgan fingerprint density at radius 2 is 1.94 bits per heavy atom. The molecule has 3 aromatic rings. The van der Waals surface area contributed by atoms with Crippen molar-refractivity contribution in [1.82, 2.24) is 15.0 Å². The van der Waals surface area contributed by atoms with E-state index < -0.39 is 0 Å². The summed E-state index contributed by atoms with van der Waals surface area (Å²) in [7, 11) is 0. The molecule has 7 nitrogen and oxygen atoms in total. The number of amides is 1. The smallest absolute Gasteiger partial charge is 0.258 e. The largest absolute Gasteiger partial charge is 0.379 e. The van der Waals surface area contributed by atoms with Gasteiger partial charge in [-0.05, 0) is 43.7 Å². The van der Waals surface area contributed by atoms with Crippen molar-refractivity contribution in [2.24, 2.45) is 0 Å². The van der Waals surface area contributed by atoms with Crippen molar-refractivity contribution in [2.45, 2.75) is 31.2 Å². The SMILES string of the molecule is Cc1noc(C)c1CSc1ncccc1C(=O)Nc1ccc(CN2CCOCC2)cc1. The van der Waals surface area contributed by atoms with E-state index in [4.69, 9.17) is 9.26 Å². The number of aromatic nitrogens is 2. The fraction of sp³-hybridized carbons (Fsp3) is 0.348. The Balaban J connectivity index is 1.39. The fourth-order valence-corrected chi connectivity index (χ4v) is 4.58. The number of nitrogens with zero attached hydrogens (tertiary/aromatic N) is 3. The number of rotatable bonds is 7. The van der Waals surface area contributed by atoms with Crippen LogP contribution in [-0.2, 0) is 17.0 Å². The van der Waals surface area contributed by atoms with Crippen LogP contribution >= 0.6 is 11.8 Å². The van der Waals surface area contributed by atoms with E-state index in [1.165, 1.54) is 17.3 Å². The molecule has 3 heterocycles. The fourth-order valence-electron chi connectivity index (χ4n) is 3.44. The van der Waals surface area contributed by atoms with Gasteiger partial charge in [0.05, 0.1) is 24.5 Å². The number of carbonyl (C=O) groups excluding carboxylic acids is 1. The number of ether oxygens (including phenoxy) is 1. The molecular formula is C23H26N4O3S. The second kappa shape index (κ2) is 10.1. The number of benzene rings is 1. The first-order valence-electron chi connectivity index (χ1n) is 10.3. The molecule has 1 fully saturated rings. The Morgan fingerprint density at radius 1 is 1.16 bits per heavy atom. The third kappa shape index (κ3) is 5.52. The molecule has 0 aliphatic carbocycles. The van der Waals surface area contributed by atoms with Crippen LogP contribution in [-0.4, -0.2) is 47.3 Å². The first kappa shape index (κ1) is 21.5. The van der Waals surface area contributed by atoms with Gasteiger partial charge in [-0.25, -0.2) is 4.98 Å². The average Bonchev–Trinajstić information content (AvgIpc) is 3.12. The summed E-state index contributed by atoms with van der Waals surface area (Å²) in [5.41, 5.74) is 4.44. The Kier molecular flexibility index (Phi) is 7.01. The van der Waals surface area contributed by atoms with E-state index in [0.717, 1.165) is 55.6 Å². The number of pyridine rings is 1. The summed E-state index contributed by atoms with van der Waals surface area (Å²) in [6.07, 6.45) is 1.70. The van der Waals surface area contributed by atoms with Crippen LogP contribution < -0.4 is 5.32 Å². The zero-order valence-electron chi connectivity index (χ0n) is 17.8. The predicted molar refractivity (Wildman–Crippen MR) is 120 cm³/mol. The lowest BCUT2D eigenvalue weighted by Crippen LogP contribution is -2.35. The molecule has 1 N–H and O–H groups in total. The van der Waals surface area contributed by atoms with Gasteiger partial charge >= 0.3 is 0 Å². The van der Waals surface area contributed by atoms with Crippen LogP contribution in [0.5, 0.6) is 0 Å². The van der Waals surface area contributed by atoms with E-state index in [2.05, 4.69) is 32.5 Å². The van der Waals surface area contributed by atoms with Crippen LogP contribution in [0.3, 0.4) is 0 Å². The van der Waals surface area contributed by atoms with Crippen molar-refractivity contribution >= 4 is 23.4 Å². The summed E-state index contributed by atoms with van der Waals surface area (Å²) in [5.74, 6) is 1.27. The van der Waals surface area contributed by atoms with Crippen molar-refractivity contribution < 1.29 is 14.1 Å². The standard InChI is InChI=1S/C23H26N4O3S/c1-16-21(17(2)30-26-16)15-31-23-20(4-3-9-24-23)22(28)25-19-7-5-18(6-8-19)14-27-10-12-29-13-11-27/h3-9H,10-15H2,1-2H3,(H,25,28). The molecule has 0 saturated carbocycles.